The molecule has 1 N–H and O–H groups in total. The highest BCUT2D eigenvalue weighted by molar-refractivity contribution is 5.89. The average molecular weight is 410 g/mol. The molecule has 0 unspecified atom stereocenters. The molecule has 1 amide bonds. The van der Waals surface area contributed by atoms with Gasteiger partial charge in [-0.05, 0) is 30.7 Å². The molecule has 0 saturated heterocycles. The molecule has 6 heteroatoms. The maximum absolute atomic E-state index is 12.1. The molecular weight excluding hydrogens is 388 g/mol. The smallest absolute Gasteiger partial charge is 0.277 e. The summed E-state index contributed by atoms with van der Waals surface area (Å²) in [6.45, 7) is 1.82. The van der Waals surface area contributed by atoms with E-state index >= 15 is 0 Å². The number of aryl methyl sites for hydroxylation is 1. The quantitative estimate of drug-likeness (QED) is 0.363. The summed E-state index contributed by atoms with van der Waals surface area (Å²) in [6.07, 6.45) is 3.48. The number of aromatic nitrogens is 2. The van der Waals surface area contributed by atoms with Crippen molar-refractivity contribution < 1.29 is 9.53 Å². The fourth-order valence-corrected chi connectivity index (χ4v) is 3.08. The normalized spacial score (nSPS) is 10.9. The van der Waals surface area contributed by atoms with E-state index in [2.05, 4.69) is 10.5 Å². The molecule has 0 aliphatic rings. The minimum atomic E-state index is -0.337. The first-order valence-corrected chi connectivity index (χ1v) is 9.91. The molecule has 6 nitrogen and oxygen atoms in total. The van der Waals surface area contributed by atoms with Gasteiger partial charge < -0.3 is 4.74 Å². The van der Waals surface area contributed by atoms with E-state index in [9.17, 15) is 4.79 Å². The molecule has 0 fully saturated rings. The van der Waals surface area contributed by atoms with Crippen LogP contribution in [-0.2, 0) is 4.79 Å². The number of hydrogen-bond acceptors (Lipinski definition) is 4. The number of ether oxygens (including phenoxy) is 1. The molecule has 0 aliphatic heterocycles. The minimum Gasteiger partial charge on any atom is -0.483 e. The van der Waals surface area contributed by atoms with Gasteiger partial charge in [-0.3, -0.25) is 4.79 Å². The zero-order valence-corrected chi connectivity index (χ0v) is 17.1. The molecule has 3 aromatic carbocycles. The van der Waals surface area contributed by atoms with Crippen LogP contribution >= 0.6 is 0 Å². The number of amides is 1. The van der Waals surface area contributed by atoms with Crippen LogP contribution < -0.4 is 10.2 Å². The zero-order valence-electron chi connectivity index (χ0n) is 17.1. The molecular formula is C25H22N4O2. The number of carbonyl (C=O) groups is 1. The molecule has 1 aromatic heterocycles. The highest BCUT2D eigenvalue weighted by atomic mass is 16.5. The van der Waals surface area contributed by atoms with Crippen LogP contribution in [0.4, 0.5) is 0 Å². The van der Waals surface area contributed by atoms with Crippen LogP contribution in [0.15, 0.2) is 96.2 Å². The summed E-state index contributed by atoms with van der Waals surface area (Å²) in [4.78, 5) is 12.1. The number of carbonyl (C=O) groups excluding carboxylic acids is 1. The van der Waals surface area contributed by atoms with Crippen LogP contribution in [0.1, 0.15) is 11.1 Å². The molecule has 0 atom stereocenters. The van der Waals surface area contributed by atoms with Crippen molar-refractivity contribution in [3.05, 3.63) is 102 Å². The van der Waals surface area contributed by atoms with Crippen molar-refractivity contribution in [1.29, 1.82) is 0 Å². The first-order chi connectivity index (χ1) is 15.2. The second-order valence-electron chi connectivity index (χ2n) is 6.93. The molecule has 31 heavy (non-hydrogen) atoms. The first kappa shape index (κ1) is 20.1. The first-order valence-electron chi connectivity index (χ1n) is 9.91. The van der Waals surface area contributed by atoms with Gasteiger partial charge in [0.15, 0.2) is 6.61 Å². The summed E-state index contributed by atoms with van der Waals surface area (Å²) in [5.41, 5.74) is 6.96. The Morgan fingerprint density at radius 2 is 1.68 bits per heavy atom. The second-order valence-corrected chi connectivity index (χ2v) is 6.93. The Morgan fingerprint density at radius 3 is 2.42 bits per heavy atom. The van der Waals surface area contributed by atoms with Gasteiger partial charge in [-0.2, -0.15) is 10.2 Å². The molecule has 4 aromatic rings. The third kappa shape index (κ3) is 5.05. The summed E-state index contributed by atoms with van der Waals surface area (Å²) < 4.78 is 7.35. The minimum absolute atomic E-state index is 0.114. The Balaban J connectivity index is 1.49. The number of hydrogen-bond donors (Lipinski definition) is 1. The van der Waals surface area contributed by atoms with Gasteiger partial charge in [0, 0.05) is 17.3 Å². The monoisotopic (exact) mass is 410 g/mol. The maximum atomic E-state index is 12.1. The van der Waals surface area contributed by atoms with E-state index in [1.165, 1.54) is 0 Å². The van der Waals surface area contributed by atoms with Crippen molar-refractivity contribution in [2.24, 2.45) is 5.10 Å². The lowest BCUT2D eigenvalue weighted by Crippen LogP contribution is -2.24. The summed E-state index contributed by atoms with van der Waals surface area (Å²) in [5.74, 6) is 0.341. The summed E-state index contributed by atoms with van der Waals surface area (Å²) >= 11 is 0. The second kappa shape index (κ2) is 9.54. The van der Waals surface area contributed by atoms with Crippen LogP contribution in [0.2, 0.25) is 0 Å². The molecule has 0 spiro atoms. The Kier molecular flexibility index (Phi) is 6.18. The Bertz CT molecular complexity index is 1180. The van der Waals surface area contributed by atoms with Crippen LogP contribution in [-0.4, -0.2) is 28.5 Å². The summed E-state index contributed by atoms with van der Waals surface area (Å²) in [7, 11) is 0. The van der Waals surface area contributed by atoms with E-state index in [1.807, 2.05) is 98.0 Å². The number of para-hydroxylation sites is 2. The largest absolute Gasteiger partial charge is 0.483 e. The van der Waals surface area contributed by atoms with Gasteiger partial charge in [-0.25, -0.2) is 10.1 Å². The number of nitrogens with zero attached hydrogens (tertiary/aromatic N) is 3. The van der Waals surface area contributed by atoms with Crippen molar-refractivity contribution in [2.75, 3.05) is 6.61 Å². The van der Waals surface area contributed by atoms with Gasteiger partial charge >= 0.3 is 0 Å². The third-order valence-electron chi connectivity index (χ3n) is 4.66. The zero-order chi connectivity index (χ0) is 21.5. The van der Waals surface area contributed by atoms with Crippen LogP contribution in [0, 0.1) is 6.92 Å². The van der Waals surface area contributed by atoms with E-state index in [0.717, 1.165) is 28.1 Å². The Morgan fingerprint density at radius 1 is 1.00 bits per heavy atom. The van der Waals surface area contributed by atoms with Crippen molar-refractivity contribution in [3.8, 4) is 22.7 Å². The van der Waals surface area contributed by atoms with E-state index in [0.29, 0.717) is 5.75 Å². The fraction of sp³-hybridized carbons (Fsp3) is 0.0800. The standard InChI is InChI=1S/C25H22N4O2/c1-19-10-8-9-15-23(19)31-18-24(30)27-26-16-21-17-29(22-13-6-3-7-14-22)28-25(21)20-11-4-2-5-12-20/h2-17H,18H2,1H3,(H,27,30)/b26-16-. The Labute approximate surface area is 180 Å². The van der Waals surface area contributed by atoms with E-state index < -0.39 is 0 Å². The van der Waals surface area contributed by atoms with Gasteiger partial charge in [-0.1, -0.05) is 66.7 Å². The van der Waals surface area contributed by atoms with Crippen LogP contribution in [0.25, 0.3) is 16.9 Å². The summed E-state index contributed by atoms with van der Waals surface area (Å²) in [5, 5.41) is 8.83. The lowest BCUT2D eigenvalue weighted by molar-refractivity contribution is -0.123. The number of rotatable bonds is 7. The van der Waals surface area contributed by atoms with Crippen molar-refractivity contribution in [3.63, 3.8) is 0 Å². The van der Waals surface area contributed by atoms with Crippen molar-refractivity contribution in [1.82, 2.24) is 15.2 Å². The predicted molar refractivity (Wildman–Crippen MR) is 121 cm³/mol. The lowest BCUT2D eigenvalue weighted by Gasteiger charge is -2.07. The van der Waals surface area contributed by atoms with Gasteiger partial charge in [0.1, 0.15) is 11.4 Å². The summed E-state index contributed by atoms with van der Waals surface area (Å²) in [6, 6.07) is 27.3. The van der Waals surface area contributed by atoms with Gasteiger partial charge in [0.25, 0.3) is 5.91 Å². The average Bonchev–Trinajstić information content (AvgIpc) is 3.24. The van der Waals surface area contributed by atoms with Gasteiger partial charge in [-0.15, -0.1) is 0 Å². The molecule has 4 rings (SSSR count). The van der Waals surface area contributed by atoms with Crippen molar-refractivity contribution in [2.45, 2.75) is 6.92 Å². The van der Waals surface area contributed by atoms with Crippen LogP contribution in [0.5, 0.6) is 5.75 Å². The van der Waals surface area contributed by atoms with E-state index in [-0.39, 0.29) is 12.5 Å². The number of nitrogens with one attached hydrogen (secondary N) is 1. The molecule has 0 radical (unpaired) electrons. The highest BCUT2D eigenvalue weighted by Crippen LogP contribution is 2.22. The van der Waals surface area contributed by atoms with Gasteiger partial charge in [0.2, 0.25) is 0 Å². The number of benzene rings is 3. The number of hydrazone groups is 1. The molecule has 0 saturated carbocycles. The third-order valence-corrected chi connectivity index (χ3v) is 4.66. The van der Waals surface area contributed by atoms with E-state index in [4.69, 9.17) is 9.84 Å². The molecule has 0 aliphatic carbocycles. The van der Waals surface area contributed by atoms with Gasteiger partial charge in [0.05, 0.1) is 11.9 Å². The Hall–Kier alpha value is -4.19. The lowest BCUT2D eigenvalue weighted by atomic mass is 10.1. The van der Waals surface area contributed by atoms with Crippen LogP contribution in [0.3, 0.4) is 0 Å². The van der Waals surface area contributed by atoms with E-state index in [1.54, 1.807) is 10.9 Å². The fourth-order valence-electron chi connectivity index (χ4n) is 3.08. The highest BCUT2D eigenvalue weighted by Gasteiger charge is 2.11. The maximum Gasteiger partial charge on any atom is 0.277 e. The predicted octanol–water partition coefficient (Wildman–Crippen LogP) is 4.38. The van der Waals surface area contributed by atoms with Crippen molar-refractivity contribution >= 4 is 12.1 Å². The SMILES string of the molecule is Cc1ccccc1OCC(=O)N/N=C\c1cn(-c2ccccc2)nc1-c1ccccc1. The topological polar surface area (TPSA) is 68.5 Å². The molecule has 154 valence electrons. The molecule has 1 heterocycles. The molecule has 0 bridgehead atoms.